The van der Waals surface area contributed by atoms with E-state index in [1.807, 2.05) is 0 Å². The van der Waals surface area contributed by atoms with Gasteiger partial charge in [0.1, 0.15) is 12.2 Å². The second kappa shape index (κ2) is 31.8. The Morgan fingerprint density at radius 1 is 0.449 bits per heavy atom. The van der Waals surface area contributed by atoms with Crippen molar-refractivity contribution >= 4 is 23.8 Å². The van der Waals surface area contributed by atoms with Gasteiger partial charge in [0.05, 0.1) is 0 Å². The summed E-state index contributed by atoms with van der Waals surface area (Å²) in [5.41, 5.74) is 0. The minimum absolute atomic E-state index is 0.0983. The number of carbonyl (C=O) groups is 4. The number of rotatable bonds is 33. The standard InChI is InChI=1S/C41H76N2O6/c1-4-7-10-12-14-16-18-20-22-24-26-28-40(46)48-36-33-35(43-39(45)31-30-38(44)42-32-9-6-3)34-37(36)49-41(47)29-27-25-23-21-19-17-15-13-11-8-5-2/h35-37H,4-34H2,1-3H3,(H,42,44)(H,43,45). The summed E-state index contributed by atoms with van der Waals surface area (Å²) in [5, 5.41) is 5.83. The minimum atomic E-state index is -0.566. The van der Waals surface area contributed by atoms with Crippen LogP contribution in [-0.4, -0.2) is 48.5 Å². The molecule has 1 saturated carbocycles. The third-order valence-electron chi connectivity index (χ3n) is 9.78. The second-order valence-electron chi connectivity index (χ2n) is 14.6. The summed E-state index contributed by atoms with van der Waals surface area (Å²) < 4.78 is 11.7. The average Bonchev–Trinajstić information content (AvgIpc) is 3.44. The van der Waals surface area contributed by atoms with E-state index in [0.717, 1.165) is 51.4 Å². The molecule has 0 spiro atoms. The van der Waals surface area contributed by atoms with Crippen molar-refractivity contribution in [2.24, 2.45) is 0 Å². The van der Waals surface area contributed by atoms with E-state index in [1.165, 1.54) is 103 Å². The molecular formula is C41H76N2O6. The van der Waals surface area contributed by atoms with Crippen LogP contribution in [0.1, 0.15) is 213 Å². The highest BCUT2D eigenvalue weighted by atomic mass is 16.6. The Morgan fingerprint density at radius 2 is 0.796 bits per heavy atom. The first-order valence-electron chi connectivity index (χ1n) is 20.8. The summed E-state index contributed by atoms with van der Waals surface area (Å²) in [5.74, 6) is -0.862. The van der Waals surface area contributed by atoms with E-state index < -0.39 is 12.2 Å². The highest BCUT2D eigenvalue weighted by Gasteiger charge is 2.40. The first kappa shape index (κ1) is 44.9. The molecule has 0 bridgehead atoms. The molecule has 0 heterocycles. The van der Waals surface area contributed by atoms with Crippen molar-refractivity contribution in [1.82, 2.24) is 10.6 Å². The van der Waals surface area contributed by atoms with Crippen LogP contribution in [-0.2, 0) is 28.7 Å². The van der Waals surface area contributed by atoms with Gasteiger partial charge in [0.25, 0.3) is 0 Å². The zero-order valence-electron chi connectivity index (χ0n) is 32.1. The molecule has 0 aromatic carbocycles. The highest BCUT2D eigenvalue weighted by molar-refractivity contribution is 5.83. The molecule has 0 radical (unpaired) electrons. The zero-order chi connectivity index (χ0) is 35.8. The van der Waals surface area contributed by atoms with E-state index >= 15 is 0 Å². The lowest BCUT2D eigenvalue weighted by atomic mass is 10.1. The van der Waals surface area contributed by atoms with Gasteiger partial charge in [0.2, 0.25) is 11.8 Å². The van der Waals surface area contributed by atoms with Crippen LogP contribution in [0.5, 0.6) is 0 Å². The van der Waals surface area contributed by atoms with Crippen molar-refractivity contribution in [3.63, 3.8) is 0 Å². The van der Waals surface area contributed by atoms with Crippen LogP contribution in [0, 0.1) is 0 Å². The minimum Gasteiger partial charge on any atom is -0.458 e. The van der Waals surface area contributed by atoms with Crippen molar-refractivity contribution in [1.29, 1.82) is 0 Å². The lowest BCUT2D eigenvalue weighted by Gasteiger charge is -2.20. The summed E-state index contributed by atoms with van der Waals surface area (Å²) in [6.07, 6.45) is 29.3. The van der Waals surface area contributed by atoms with Crippen molar-refractivity contribution in [3.05, 3.63) is 0 Å². The molecule has 2 amide bonds. The summed E-state index contributed by atoms with van der Waals surface area (Å²) in [4.78, 5) is 50.3. The van der Waals surface area contributed by atoms with Gasteiger partial charge in [-0.15, -0.1) is 0 Å². The molecule has 286 valence electrons. The molecule has 1 aliphatic carbocycles. The maximum Gasteiger partial charge on any atom is 0.306 e. The average molecular weight is 693 g/mol. The molecule has 0 aromatic rings. The Morgan fingerprint density at radius 3 is 1.18 bits per heavy atom. The molecule has 49 heavy (non-hydrogen) atoms. The number of hydrogen-bond donors (Lipinski definition) is 2. The first-order valence-corrected chi connectivity index (χ1v) is 20.8. The van der Waals surface area contributed by atoms with Crippen LogP contribution >= 0.6 is 0 Å². The molecule has 1 fully saturated rings. The predicted molar refractivity (Wildman–Crippen MR) is 200 cm³/mol. The number of carbonyl (C=O) groups excluding carboxylic acids is 4. The van der Waals surface area contributed by atoms with Crippen LogP contribution in [0.15, 0.2) is 0 Å². The highest BCUT2D eigenvalue weighted by Crippen LogP contribution is 2.27. The molecule has 0 saturated heterocycles. The third-order valence-corrected chi connectivity index (χ3v) is 9.78. The quantitative estimate of drug-likeness (QED) is 0.0523. The van der Waals surface area contributed by atoms with Crippen molar-refractivity contribution in [2.45, 2.75) is 232 Å². The molecule has 0 aromatic heterocycles. The van der Waals surface area contributed by atoms with Crippen LogP contribution < -0.4 is 10.6 Å². The Hall–Kier alpha value is -2.12. The van der Waals surface area contributed by atoms with E-state index in [9.17, 15) is 19.2 Å². The van der Waals surface area contributed by atoms with E-state index in [-0.39, 0.29) is 42.6 Å². The number of ether oxygens (including phenoxy) is 2. The zero-order valence-corrected chi connectivity index (χ0v) is 32.1. The molecule has 2 unspecified atom stereocenters. The largest absolute Gasteiger partial charge is 0.458 e. The van der Waals surface area contributed by atoms with E-state index in [1.54, 1.807) is 0 Å². The van der Waals surface area contributed by atoms with Crippen LogP contribution in [0.2, 0.25) is 0 Å². The molecule has 1 aliphatic rings. The van der Waals surface area contributed by atoms with Gasteiger partial charge in [-0.05, 0) is 19.3 Å². The summed E-state index contributed by atoms with van der Waals surface area (Å²) in [6.45, 7) is 7.18. The van der Waals surface area contributed by atoms with Gasteiger partial charge in [-0.1, -0.05) is 156 Å². The SMILES string of the molecule is CCCCCCCCCCCCCC(=O)OC1CC(NC(=O)CCC(=O)NCCCC)CC1OC(=O)CCCCCCCCCCCCC. The predicted octanol–water partition coefficient (Wildman–Crippen LogP) is 10.2. The van der Waals surface area contributed by atoms with Gasteiger partial charge >= 0.3 is 11.9 Å². The van der Waals surface area contributed by atoms with Gasteiger partial charge in [-0.25, -0.2) is 0 Å². The van der Waals surface area contributed by atoms with E-state index in [0.29, 0.717) is 32.2 Å². The van der Waals surface area contributed by atoms with Crippen molar-refractivity contribution in [2.75, 3.05) is 6.54 Å². The van der Waals surface area contributed by atoms with E-state index in [2.05, 4.69) is 31.4 Å². The Bertz CT molecular complexity index is 802. The molecule has 2 N–H and O–H groups in total. The Kier molecular flexibility index (Phi) is 29.2. The van der Waals surface area contributed by atoms with Gasteiger partial charge < -0.3 is 20.1 Å². The van der Waals surface area contributed by atoms with Crippen LogP contribution in [0.25, 0.3) is 0 Å². The fourth-order valence-corrected chi connectivity index (χ4v) is 6.67. The smallest absolute Gasteiger partial charge is 0.306 e. The molecule has 1 rings (SSSR count). The number of hydrogen-bond acceptors (Lipinski definition) is 6. The fourth-order valence-electron chi connectivity index (χ4n) is 6.67. The topological polar surface area (TPSA) is 111 Å². The molecule has 8 heteroatoms. The fraction of sp³-hybridized carbons (Fsp3) is 0.902. The van der Waals surface area contributed by atoms with Gasteiger partial charge in [0, 0.05) is 51.1 Å². The summed E-state index contributed by atoms with van der Waals surface area (Å²) >= 11 is 0. The van der Waals surface area contributed by atoms with Crippen molar-refractivity contribution in [3.8, 4) is 0 Å². The normalized spacial score (nSPS) is 17.2. The Labute approximate surface area is 300 Å². The first-order chi connectivity index (χ1) is 23.9. The van der Waals surface area contributed by atoms with Crippen LogP contribution in [0.4, 0.5) is 0 Å². The number of unbranched alkanes of at least 4 members (excludes halogenated alkanes) is 21. The van der Waals surface area contributed by atoms with Gasteiger partial charge in [-0.2, -0.15) is 0 Å². The summed E-state index contributed by atoms with van der Waals surface area (Å²) in [6, 6.07) is -0.268. The van der Waals surface area contributed by atoms with Crippen LogP contribution in [0.3, 0.4) is 0 Å². The molecule has 0 aliphatic heterocycles. The van der Waals surface area contributed by atoms with Gasteiger partial charge in [-0.3, -0.25) is 19.2 Å². The molecule has 2 atom stereocenters. The lowest BCUT2D eigenvalue weighted by molar-refractivity contribution is -0.165. The second-order valence-corrected chi connectivity index (χ2v) is 14.6. The monoisotopic (exact) mass is 693 g/mol. The third kappa shape index (κ3) is 26.4. The molecule has 8 nitrogen and oxygen atoms in total. The van der Waals surface area contributed by atoms with Crippen molar-refractivity contribution < 1.29 is 28.7 Å². The van der Waals surface area contributed by atoms with Gasteiger partial charge in [0.15, 0.2) is 0 Å². The maximum absolute atomic E-state index is 12.8. The Balaban J connectivity index is 2.43. The van der Waals surface area contributed by atoms with E-state index in [4.69, 9.17) is 9.47 Å². The number of amides is 2. The number of esters is 2. The summed E-state index contributed by atoms with van der Waals surface area (Å²) in [7, 11) is 0. The molecular weight excluding hydrogens is 616 g/mol. The number of nitrogens with one attached hydrogen (secondary N) is 2. The lowest BCUT2D eigenvalue weighted by Crippen LogP contribution is -2.34. The maximum atomic E-state index is 12.8.